The smallest absolute Gasteiger partial charge is 0.237 e. The van der Waals surface area contributed by atoms with Crippen molar-refractivity contribution >= 4 is 5.91 Å². The Balaban J connectivity index is 1.50. The summed E-state index contributed by atoms with van der Waals surface area (Å²) in [7, 11) is 3.28. The topological polar surface area (TPSA) is 55.2 Å². The second kappa shape index (κ2) is 10.4. The number of carbonyl (C=O) groups is 1. The Morgan fingerprint density at radius 2 is 1.84 bits per heavy atom. The van der Waals surface area contributed by atoms with Gasteiger partial charge in [-0.3, -0.25) is 9.69 Å². The van der Waals surface area contributed by atoms with E-state index in [4.69, 9.17) is 13.9 Å². The zero-order valence-corrected chi connectivity index (χ0v) is 18.7. The number of furan rings is 1. The van der Waals surface area contributed by atoms with Crippen LogP contribution < -0.4 is 9.47 Å². The van der Waals surface area contributed by atoms with Gasteiger partial charge < -0.3 is 18.8 Å². The van der Waals surface area contributed by atoms with Crippen molar-refractivity contribution in [3.8, 4) is 11.5 Å². The number of nitrogens with zero attached hydrogens (tertiary/aromatic N) is 2. The molecule has 1 amide bonds. The molecular weight excluding hydrogens is 404 g/mol. The highest BCUT2D eigenvalue weighted by Crippen LogP contribution is 2.36. The van der Waals surface area contributed by atoms with Gasteiger partial charge in [0.15, 0.2) is 11.5 Å². The van der Waals surface area contributed by atoms with Crippen LogP contribution in [0.1, 0.15) is 35.8 Å². The monoisotopic (exact) mass is 434 g/mol. The van der Waals surface area contributed by atoms with Crippen LogP contribution in [-0.2, 0) is 17.9 Å². The van der Waals surface area contributed by atoms with E-state index in [1.807, 2.05) is 59.5 Å². The van der Waals surface area contributed by atoms with Crippen LogP contribution in [0.5, 0.6) is 11.5 Å². The second-order valence-corrected chi connectivity index (χ2v) is 8.06. The molecule has 4 rings (SSSR count). The summed E-state index contributed by atoms with van der Waals surface area (Å²) in [4.78, 5) is 17.6. The highest BCUT2D eigenvalue weighted by Gasteiger charge is 2.30. The van der Waals surface area contributed by atoms with E-state index in [2.05, 4.69) is 11.0 Å². The number of hydrogen-bond acceptors (Lipinski definition) is 5. The third kappa shape index (κ3) is 5.14. The van der Waals surface area contributed by atoms with E-state index in [1.54, 1.807) is 20.5 Å². The maximum atomic E-state index is 13.4. The molecule has 3 aromatic rings. The van der Waals surface area contributed by atoms with Gasteiger partial charge in [0, 0.05) is 12.6 Å². The lowest BCUT2D eigenvalue weighted by Gasteiger charge is -2.29. The Morgan fingerprint density at radius 3 is 2.56 bits per heavy atom. The number of ether oxygens (including phenoxy) is 2. The average Bonchev–Trinajstić information content (AvgIpc) is 3.51. The van der Waals surface area contributed by atoms with Crippen molar-refractivity contribution in [1.82, 2.24) is 9.80 Å². The van der Waals surface area contributed by atoms with E-state index in [9.17, 15) is 4.79 Å². The predicted molar refractivity (Wildman–Crippen MR) is 122 cm³/mol. The van der Waals surface area contributed by atoms with Gasteiger partial charge >= 0.3 is 0 Å². The second-order valence-electron chi connectivity index (χ2n) is 8.06. The molecule has 0 N–H and O–H groups in total. The van der Waals surface area contributed by atoms with Crippen LogP contribution in [-0.4, -0.2) is 43.0 Å². The minimum absolute atomic E-state index is 0.0950. The fraction of sp³-hybridized carbons (Fsp3) is 0.346. The summed E-state index contributed by atoms with van der Waals surface area (Å²) in [5.41, 5.74) is 2.25. The third-order valence-electron chi connectivity index (χ3n) is 5.99. The molecule has 2 aromatic carbocycles. The summed E-state index contributed by atoms with van der Waals surface area (Å²) < 4.78 is 16.4. The van der Waals surface area contributed by atoms with Crippen LogP contribution >= 0.6 is 0 Å². The number of amides is 1. The van der Waals surface area contributed by atoms with Crippen LogP contribution in [0.25, 0.3) is 0 Å². The predicted octanol–water partition coefficient (Wildman–Crippen LogP) is 4.66. The van der Waals surface area contributed by atoms with Gasteiger partial charge in [0.2, 0.25) is 5.91 Å². The van der Waals surface area contributed by atoms with E-state index in [1.165, 1.54) is 0 Å². The number of carbonyl (C=O) groups excluding carboxylic acids is 1. The Hall–Kier alpha value is -3.25. The van der Waals surface area contributed by atoms with E-state index in [0.29, 0.717) is 31.1 Å². The number of hydrogen-bond donors (Lipinski definition) is 0. The van der Waals surface area contributed by atoms with Gasteiger partial charge in [0.05, 0.1) is 33.6 Å². The molecule has 1 fully saturated rings. The average molecular weight is 435 g/mol. The number of rotatable bonds is 9. The molecule has 0 spiro atoms. The first kappa shape index (κ1) is 22.0. The Labute approximate surface area is 189 Å². The first-order valence-electron chi connectivity index (χ1n) is 11.0. The quantitative estimate of drug-likeness (QED) is 0.490. The fourth-order valence-corrected chi connectivity index (χ4v) is 4.35. The van der Waals surface area contributed by atoms with Crippen LogP contribution in [0.3, 0.4) is 0 Å². The standard InChI is InChI=1S/C26H30N2O4/c1-30-24-13-12-21(16-25(24)31-2)23-11-6-14-27(23)19-26(29)28(18-22-10-7-15-32-22)17-20-8-4-3-5-9-20/h3-5,7-10,12-13,15-16,23H,6,11,14,17-19H2,1-2H3/t23-/m0/s1. The van der Waals surface area contributed by atoms with Crippen LogP contribution in [0.2, 0.25) is 0 Å². The molecule has 1 aromatic heterocycles. The van der Waals surface area contributed by atoms with E-state index < -0.39 is 0 Å². The van der Waals surface area contributed by atoms with E-state index in [0.717, 1.165) is 36.3 Å². The molecule has 168 valence electrons. The van der Waals surface area contributed by atoms with Crippen molar-refractivity contribution in [2.24, 2.45) is 0 Å². The molecule has 6 nitrogen and oxygen atoms in total. The maximum Gasteiger partial charge on any atom is 0.237 e. The minimum atomic E-state index is 0.0950. The van der Waals surface area contributed by atoms with Gasteiger partial charge in [-0.15, -0.1) is 0 Å². The molecule has 0 radical (unpaired) electrons. The molecule has 0 aliphatic carbocycles. The molecule has 1 atom stereocenters. The van der Waals surface area contributed by atoms with Gasteiger partial charge in [-0.25, -0.2) is 0 Å². The molecule has 32 heavy (non-hydrogen) atoms. The maximum absolute atomic E-state index is 13.4. The third-order valence-corrected chi connectivity index (χ3v) is 5.99. The largest absolute Gasteiger partial charge is 0.493 e. The summed E-state index contributed by atoms with van der Waals surface area (Å²) in [5.74, 6) is 2.31. The van der Waals surface area contributed by atoms with Crippen molar-refractivity contribution in [3.05, 3.63) is 83.8 Å². The highest BCUT2D eigenvalue weighted by molar-refractivity contribution is 5.78. The van der Waals surface area contributed by atoms with Gasteiger partial charge in [-0.05, 0) is 54.8 Å². The van der Waals surface area contributed by atoms with Crippen molar-refractivity contribution in [2.45, 2.75) is 32.0 Å². The normalized spacial score (nSPS) is 16.1. The first-order chi connectivity index (χ1) is 15.7. The summed E-state index contributed by atoms with van der Waals surface area (Å²) >= 11 is 0. The van der Waals surface area contributed by atoms with E-state index >= 15 is 0 Å². The summed E-state index contributed by atoms with van der Waals surface area (Å²) in [6.07, 6.45) is 3.72. The number of likely N-dealkylation sites (tertiary alicyclic amines) is 1. The molecule has 6 heteroatoms. The molecule has 0 saturated carbocycles. The summed E-state index contributed by atoms with van der Waals surface area (Å²) in [6.45, 7) is 2.27. The summed E-state index contributed by atoms with van der Waals surface area (Å²) in [5, 5.41) is 0. The van der Waals surface area contributed by atoms with Crippen LogP contribution in [0.15, 0.2) is 71.3 Å². The Morgan fingerprint density at radius 1 is 1.03 bits per heavy atom. The number of methoxy groups -OCH3 is 2. The molecule has 1 aliphatic rings. The highest BCUT2D eigenvalue weighted by atomic mass is 16.5. The fourth-order valence-electron chi connectivity index (χ4n) is 4.35. The molecular formula is C26H30N2O4. The van der Waals surface area contributed by atoms with Crippen molar-refractivity contribution < 1.29 is 18.7 Å². The van der Waals surface area contributed by atoms with Gasteiger partial charge in [0.25, 0.3) is 0 Å². The molecule has 0 unspecified atom stereocenters. The van der Waals surface area contributed by atoms with Crippen molar-refractivity contribution in [3.63, 3.8) is 0 Å². The summed E-state index contributed by atoms with van der Waals surface area (Å²) in [6, 6.07) is 20.1. The van der Waals surface area contributed by atoms with Gasteiger partial charge in [-0.2, -0.15) is 0 Å². The van der Waals surface area contributed by atoms with Crippen LogP contribution in [0.4, 0.5) is 0 Å². The molecule has 1 aliphatic heterocycles. The van der Waals surface area contributed by atoms with Gasteiger partial charge in [0.1, 0.15) is 5.76 Å². The van der Waals surface area contributed by atoms with Gasteiger partial charge in [-0.1, -0.05) is 36.4 Å². The van der Waals surface area contributed by atoms with E-state index in [-0.39, 0.29) is 11.9 Å². The zero-order chi connectivity index (χ0) is 22.3. The van der Waals surface area contributed by atoms with Crippen molar-refractivity contribution in [2.75, 3.05) is 27.3 Å². The molecule has 1 saturated heterocycles. The lowest BCUT2D eigenvalue weighted by Crippen LogP contribution is -2.39. The minimum Gasteiger partial charge on any atom is -0.493 e. The Kier molecular flexibility index (Phi) is 7.12. The first-order valence-corrected chi connectivity index (χ1v) is 11.0. The lowest BCUT2D eigenvalue weighted by atomic mass is 10.0. The number of benzene rings is 2. The Bertz CT molecular complexity index is 1000. The zero-order valence-electron chi connectivity index (χ0n) is 18.7. The SMILES string of the molecule is COc1ccc([C@@H]2CCCN2CC(=O)N(Cc2ccccc2)Cc2ccco2)cc1OC. The lowest BCUT2D eigenvalue weighted by molar-refractivity contribution is -0.134. The molecule has 0 bridgehead atoms. The van der Waals surface area contributed by atoms with Crippen LogP contribution in [0, 0.1) is 0 Å². The van der Waals surface area contributed by atoms with Crippen molar-refractivity contribution in [1.29, 1.82) is 0 Å². The molecule has 2 heterocycles.